The third-order valence-electron chi connectivity index (χ3n) is 19.7. The minimum Gasteiger partial charge on any atom is -0.383 e. The highest BCUT2D eigenvalue weighted by atomic mass is 31.2. The van der Waals surface area contributed by atoms with Gasteiger partial charge in [0.15, 0.2) is 83.7 Å². The molecule has 8 aromatic rings. The van der Waals surface area contributed by atoms with Crippen LogP contribution in [-0.4, -0.2) is 282 Å². The lowest BCUT2D eigenvalue weighted by Gasteiger charge is -2.27. The first-order chi connectivity index (χ1) is 57.9. The third-order valence-corrected chi connectivity index (χ3v) is 25.2. The summed E-state index contributed by atoms with van der Waals surface area (Å²) < 4.78 is 249. The number of H-pyrrole nitrogens is 1. The number of methoxy groups -OCH3 is 3. The number of aromatic nitrogens is 16. The first-order valence-corrected chi connectivity index (χ1v) is 44.7. The van der Waals surface area contributed by atoms with E-state index in [1.165, 1.54) is 14.0 Å². The number of fused-ring (bicyclic) bond motifs is 3. The van der Waals surface area contributed by atoms with E-state index in [1.807, 2.05) is 0 Å². The summed E-state index contributed by atoms with van der Waals surface area (Å²) in [5.74, 6) is -1.57. The van der Waals surface area contributed by atoms with E-state index in [2.05, 4.69) is 54.8 Å². The highest BCUT2D eigenvalue weighted by Crippen LogP contribution is 2.58. The number of phosphoric acid groups is 6. The number of rotatable bonds is 35. The molecule has 0 saturated carbocycles. The molecule has 6 aliphatic heterocycles. The Labute approximate surface area is 683 Å². The second kappa shape index (κ2) is 35.9. The summed E-state index contributed by atoms with van der Waals surface area (Å²) in [6.07, 6.45) is -40.2. The van der Waals surface area contributed by atoms with Crippen LogP contribution >= 0.6 is 46.9 Å². The number of hydrogen-bond acceptors (Lipinski definition) is 44. The highest BCUT2D eigenvalue weighted by Gasteiger charge is 2.59. The summed E-state index contributed by atoms with van der Waals surface area (Å²) in [6.45, 7) is -3.60. The van der Waals surface area contributed by atoms with E-state index in [-0.39, 0.29) is 56.8 Å². The number of hydrogen-bond donors (Lipinski definition) is 13. The molecule has 14 rings (SSSR count). The van der Waals surface area contributed by atoms with Crippen LogP contribution in [0.5, 0.6) is 0 Å². The van der Waals surface area contributed by atoms with Crippen molar-refractivity contribution in [2.24, 2.45) is 0 Å². The Balaban J connectivity index is 0.707. The van der Waals surface area contributed by atoms with E-state index >= 15 is 13.2 Å². The van der Waals surface area contributed by atoms with Gasteiger partial charge in [0.1, 0.15) is 121 Å². The molecule has 29 atom stereocenters. The summed E-state index contributed by atoms with van der Waals surface area (Å²) in [5.41, 5.74) is 24.6. The lowest BCUT2D eigenvalue weighted by molar-refractivity contribution is -0.0669. The number of nitrogens with two attached hydrogens (primary N) is 5. The van der Waals surface area contributed by atoms with Gasteiger partial charge in [-0.05, 0) is 26.0 Å². The first kappa shape index (κ1) is 91.5. The molecule has 123 heavy (non-hydrogen) atoms. The van der Waals surface area contributed by atoms with Gasteiger partial charge in [0.25, 0.3) is 5.56 Å². The molecule has 0 aromatic carbocycles. The number of nitrogens with zero attached hydrogens (tertiary/aromatic N) is 15. The zero-order valence-electron chi connectivity index (χ0n) is 63.5. The zero-order valence-corrected chi connectivity index (χ0v) is 68.8. The minimum absolute atomic E-state index is 0.0630. The summed E-state index contributed by atoms with van der Waals surface area (Å²) in [4.78, 5) is 158. The summed E-state index contributed by atoms with van der Waals surface area (Å²) in [7, 11) is -31.4. The van der Waals surface area contributed by atoms with Gasteiger partial charge in [-0.25, -0.2) is 85.0 Å². The molecule has 11 unspecified atom stereocenters. The van der Waals surface area contributed by atoms with Gasteiger partial charge >= 0.3 is 58.3 Å². The van der Waals surface area contributed by atoms with Gasteiger partial charge in [-0.1, -0.05) is 0 Å². The van der Waals surface area contributed by atoms with Crippen molar-refractivity contribution in [1.29, 1.82) is 0 Å². The van der Waals surface area contributed by atoms with E-state index < -0.39 is 250 Å². The molecule has 0 spiro atoms. The third kappa shape index (κ3) is 19.6. The average molecular weight is 1870 g/mol. The molecule has 6 aliphatic rings. The van der Waals surface area contributed by atoms with Gasteiger partial charge in [-0.15, -0.1) is 0 Å². The maximum absolute atomic E-state index is 17.6. The Morgan fingerprint density at radius 2 is 0.724 bits per heavy atom. The molecular formula is C57H76F3N21O36P6. The van der Waals surface area contributed by atoms with Crippen molar-refractivity contribution in [3.8, 4) is 0 Å². The molecule has 66 heteroatoms. The Morgan fingerprint density at radius 1 is 0.398 bits per heavy atom. The summed E-state index contributed by atoms with van der Waals surface area (Å²) >= 11 is 0. The first-order valence-electron chi connectivity index (χ1n) is 35.7. The zero-order chi connectivity index (χ0) is 88.6. The van der Waals surface area contributed by atoms with Gasteiger partial charge in [0.05, 0.1) is 64.2 Å². The minimum atomic E-state index is -6.03. The van der Waals surface area contributed by atoms with E-state index in [0.29, 0.717) is 9.13 Å². The van der Waals surface area contributed by atoms with Gasteiger partial charge in [-0.2, -0.15) is 15.0 Å². The van der Waals surface area contributed by atoms with E-state index in [4.69, 9.17) is 121 Å². The van der Waals surface area contributed by atoms with E-state index in [9.17, 15) is 76.0 Å². The molecule has 0 amide bonds. The van der Waals surface area contributed by atoms with E-state index in [1.54, 1.807) is 6.92 Å². The number of halogens is 3. The van der Waals surface area contributed by atoms with Crippen LogP contribution < -0.4 is 45.6 Å². The van der Waals surface area contributed by atoms with Crippen LogP contribution in [0.15, 0.2) is 70.5 Å². The van der Waals surface area contributed by atoms with Crippen LogP contribution in [0.2, 0.25) is 0 Å². The summed E-state index contributed by atoms with van der Waals surface area (Å²) in [6, 6.07) is 2.14. The predicted octanol–water partition coefficient (Wildman–Crippen LogP) is -1.43. The maximum Gasteiger partial charge on any atom is 0.472 e. The fourth-order valence-corrected chi connectivity index (χ4v) is 19.7. The van der Waals surface area contributed by atoms with Crippen molar-refractivity contribution >= 4 is 110 Å². The number of anilines is 5. The highest BCUT2D eigenvalue weighted by molar-refractivity contribution is 7.48. The molecule has 18 N–H and O–H groups in total. The fourth-order valence-electron chi connectivity index (χ4n) is 14.3. The second-order valence-corrected chi connectivity index (χ2v) is 35.8. The lowest BCUT2D eigenvalue weighted by atomic mass is 10.1. The van der Waals surface area contributed by atoms with Crippen LogP contribution in [0.4, 0.5) is 42.4 Å². The van der Waals surface area contributed by atoms with E-state index in [0.717, 1.165) is 84.1 Å². The van der Waals surface area contributed by atoms with Gasteiger partial charge in [-0.3, -0.25) is 82.4 Å². The van der Waals surface area contributed by atoms with Crippen LogP contribution in [0.25, 0.3) is 33.5 Å². The molecule has 6 fully saturated rings. The van der Waals surface area contributed by atoms with Crippen molar-refractivity contribution in [1.82, 2.24) is 77.7 Å². The summed E-state index contributed by atoms with van der Waals surface area (Å²) in [5, 5.41) is 0. The number of nitrogen functional groups attached to an aromatic ring is 5. The number of alkyl halides is 3. The van der Waals surface area contributed by atoms with Crippen molar-refractivity contribution in [2.45, 2.75) is 161 Å². The van der Waals surface area contributed by atoms with Crippen molar-refractivity contribution < 1.29 is 167 Å². The Morgan fingerprint density at radius 3 is 1.11 bits per heavy atom. The Kier molecular flexibility index (Phi) is 26.7. The maximum atomic E-state index is 17.6. The number of ether oxygens (including phenoxy) is 9. The largest absolute Gasteiger partial charge is 0.472 e. The standard InChI is InChI=1S/C57H76F3N21O36P6/c1-20-35(98-3)36(21(2)106-20)113-119(88,89)101-11-23-38(30(59)50(107-23)77-8-6-27(61)73-56(77)83)114-120(90,91)104-13-25-40(42(99-4)53(110-25)78-9-7-28(62)74-57(78)84)116-123(96,97)103-12-24-39(31(60)52(109-24)80-18-71-33-45(64)67-16-69-47(33)80)115-121(92,93)105-14-26-41(43(100-5)54(111-26)81-19-72-34-48(81)75-55(65)76-49(34)82)117-122(94,95)102-10-22-37(112-118(85,86)87)29(58)51(108-22)79-17-70-32-44(63)66-15-68-46(32)79/h6-9,15-26,29-31,35-43,50-54H,10-14H2,1-5H3,(H,88,89)(H,90,91)(H,92,93)(H,94,95)(H,96,97)(H2,61,73,83)(H2,62,74,84)(H2,63,66,68)(H2,64,67,69)(H2,85,86,87)(H3,65,75,76,82)/t20-,21+,22+,23+,24+,25+,26+,29-,30-,31-,35+,36?,37?,38?,39?,40?,41?,42-,43-,50+,51+,52+,53+,54+/m0/s1. The molecule has 14 heterocycles. The molecule has 57 nitrogen and oxygen atoms in total. The van der Waals surface area contributed by atoms with Crippen molar-refractivity contribution in [3.63, 3.8) is 0 Å². The average Bonchev–Trinajstić information content (AvgIpc) is 1.85. The van der Waals surface area contributed by atoms with Crippen LogP contribution in [-0.2, 0) is 120 Å². The monoisotopic (exact) mass is 1870 g/mol. The van der Waals surface area contributed by atoms with Crippen LogP contribution in [0.3, 0.4) is 0 Å². The van der Waals surface area contributed by atoms with Crippen molar-refractivity contribution in [2.75, 3.05) is 83.0 Å². The molecule has 0 radical (unpaired) electrons. The molecule has 676 valence electrons. The lowest BCUT2D eigenvalue weighted by Crippen LogP contribution is -2.39. The molecular weight excluding hydrogens is 1800 g/mol. The molecule has 0 aliphatic carbocycles. The SMILES string of the molecule is CO[C@H]1C(OP(=O)(O)OC[C@H]2O[C@@H](n3ccc(N)nc3=O)[C@@H](F)C2OP(=O)(O)OC[C@H]2O[C@@H](n3ccc(N)nc3=O)[C@@H](OC)C2OP(=O)(O)OC[C@H]2O[C@@H](n3cnc4c(N)ncnc43)[C@@H](F)C2OP(=O)(O)OC[C@H]2O[C@@H](n3cnc4c(=O)[nH]c(N)nc43)[C@@H](OC)C2OP(=O)(O)OC[C@H]2O[C@@H](n3cnc4c(N)ncnc43)[C@@H](F)C2OP(=O)(O)O)[C@@H](C)O[C@H]1C. The smallest absolute Gasteiger partial charge is 0.383 e. The second-order valence-electron chi connectivity index (χ2n) is 27.6. The number of nitrogens with one attached hydrogen (secondary N) is 1. The quantitative estimate of drug-likeness (QED) is 0.0202. The van der Waals surface area contributed by atoms with Crippen LogP contribution in [0, 0.1) is 0 Å². The predicted molar refractivity (Wildman–Crippen MR) is 395 cm³/mol. The van der Waals surface area contributed by atoms with Gasteiger partial charge in [0, 0.05) is 33.7 Å². The fraction of sp³-hybridized carbons (Fsp3) is 0.596. The topological polar surface area (TPSA) is 779 Å². The van der Waals surface area contributed by atoms with Gasteiger partial charge in [0.2, 0.25) is 5.95 Å². The Hall–Kier alpha value is -7.70. The van der Waals surface area contributed by atoms with Gasteiger partial charge < -0.3 is 106 Å². The molecule has 8 aromatic heterocycles. The number of phosphoric ester groups is 6. The van der Waals surface area contributed by atoms with Crippen molar-refractivity contribution in [3.05, 3.63) is 87.5 Å². The molecule has 0 bridgehead atoms. The number of aromatic amines is 1. The normalized spacial score (nSPS) is 33.1. The molecule has 6 saturated heterocycles. The number of imidazole rings is 3. The van der Waals surface area contributed by atoms with Crippen LogP contribution in [0.1, 0.15) is 45.0 Å². The Bertz CT molecular complexity index is 5710.